The van der Waals surface area contributed by atoms with E-state index in [-0.39, 0.29) is 5.57 Å². The highest BCUT2D eigenvalue weighted by molar-refractivity contribution is 6.32. The molecule has 2 aromatic carbocycles. The molecule has 5 nitrogen and oxygen atoms in total. The molecule has 0 aromatic heterocycles. The zero-order chi connectivity index (χ0) is 19.8. The van der Waals surface area contributed by atoms with E-state index < -0.39 is 5.91 Å². The summed E-state index contributed by atoms with van der Waals surface area (Å²) in [5.41, 5.74) is 2.16. The molecule has 2 aromatic rings. The first kappa shape index (κ1) is 20.3. The third kappa shape index (κ3) is 5.50. The lowest BCUT2D eigenvalue weighted by Crippen LogP contribution is -2.13. The van der Waals surface area contributed by atoms with Crippen LogP contribution in [0.25, 0.3) is 6.08 Å². The molecule has 0 fully saturated rings. The van der Waals surface area contributed by atoms with Crippen LogP contribution in [0.5, 0.6) is 11.5 Å². The predicted octanol–water partition coefficient (Wildman–Crippen LogP) is 4.99. The van der Waals surface area contributed by atoms with Gasteiger partial charge < -0.3 is 14.8 Å². The van der Waals surface area contributed by atoms with Gasteiger partial charge in [0.05, 0.1) is 18.7 Å². The van der Waals surface area contributed by atoms with E-state index in [1.165, 1.54) is 13.2 Å². The molecule has 0 spiro atoms. The number of carbonyl (C=O) groups excluding carboxylic acids is 1. The molecule has 0 aliphatic heterocycles. The zero-order valence-electron chi connectivity index (χ0n) is 15.5. The van der Waals surface area contributed by atoms with Crippen LogP contribution >= 0.6 is 11.6 Å². The van der Waals surface area contributed by atoms with Gasteiger partial charge in [0.25, 0.3) is 5.91 Å². The minimum Gasteiger partial charge on any atom is -0.493 e. The van der Waals surface area contributed by atoms with Crippen LogP contribution in [0.1, 0.15) is 24.5 Å². The normalized spacial score (nSPS) is 10.9. The number of anilines is 1. The summed E-state index contributed by atoms with van der Waals surface area (Å²) in [5.74, 6) is 0.393. The number of hydrogen-bond acceptors (Lipinski definition) is 4. The van der Waals surface area contributed by atoms with Gasteiger partial charge in [0.15, 0.2) is 11.5 Å². The Labute approximate surface area is 164 Å². The molecule has 27 heavy (non-hydrogen) atoms. The number of nitrogens with one attached hydrogen (secondary N) is 1. The van der Waals surface area contributed by atoms with Crippen LogP contribution in [-0.4, -0.2) is 19.6 Å². The Kier molecular flexibility index (Phi) is 7.27. The van der Waals surface area contributed by atoms with Crippen molar-refractivity contribution in [2.75, 3.05) is 19.0 Å². The van der Waals surface area contributed by atoms with Crippen LogP contribution < -0.4 is 14.8 Å². The fraction of sp³-hybridized carbons (Fsp3) is 0.238. The van der Waals surface area contributed by atoms with E-state index >= 15 is 0 Å². The van der Waals surface area contributed by atoms with Crippen LogP contribution in [0.15, 0.2) is 42.0 Å². The van der Waals surface area contributed by atoms with Crippen molar-refractivity contribution < 1.29 is 14.3 Å². The summed E-state index contributed by atoms with van der Waals surface area (Å²) >= 11 is 6.28. The Bertz CT molecular complexity index is 901. The molecular formula is C21H21ClN2O3. The first-order valence-electron chi connectivity index (χ1n) is 8.48. The smallest absolute Gasteiger partial charge is 0.266 e. The number of amides is 1. The summed E-state index contributed by atoms with van der Waals surface area (Å²) in [4.78, 5) is 12.4. The third-order valence-electron chi connectivity index (χ3n) is 3.65. The quantitative estimate of drug-likeness (QED) is 0.539. The molecule has 1 amide bonds. The van der Waals surface area contributed by atoms with Gasteiger partial charge in [0, 0.05) is 5.69 Å². The Balaban J connectivity index is 2.30. The van der Waals surface area contributed by atoms with Gasteiger partial charge >= 0.3 is 0 Å². The molecule has 0 saturated carbocycles. The molecule has 0 saturated heterocycles. The zero-order valence-corrected chi connectivity index (χ0v) is 16.3. The van der Waals surface area contributed by atoms with Gasteiger partial charge in [-0.1, -0.05) is 30.7 Å². The summed E-state index contributed by atoms with van der Waals surface area (Å²) < 4.78 is 10.9. The molecule has 1 N–H and O–H groups in total. The fourth-order valence-electron chi connectivity index (χ4n) is 2.40. The molecule has 0 unspecified atom stereocenters. The van der Waals surface area contributed by atoms with Gasteiger partial charge in [-0.25, -0.2) is 0 Å². The van der Waals surface area contributed by atoms with Crippen molar-refractivity contribution in [3.63, 3.8) is 0 Å². The van der Waals surface area contributed by atoms with Crippen molar-refractivity contribution >= 4 is 29.3 Å². The topological polar surface area (TPSA) is 71.3 Å². The number of benzene rings is 2. The highest BCUT2D eigenvalue weighted by atomic mass is 35.5. The van der Waals surface area contributed by atoms with Gasteiger partial charge in [-0.05, 0) is 54.8 Å². The first-order chi connectivity index (χ1) is 13.0. The lowest BCUT2D eigenvalue weighted by molar-refractivity contribution is -0.112. The highest BCUT2D eigenvalue weighted by Gasteiger charge is 2.14. The number of halogens is 1. The average molecular weight is 385 g/mol. The molecule has 6 heteroatoms. The minimum absolute atomic E-state index is 0.0446. The number of nitrogens with zero attached hydrogens (tertiary/aromatic N) is 1. The summed E-state index contributed by atoms with van der Waals surface area (Å²) in [6, 6.07) is 12.6. The van der Waals surface area contributed by atoms with Gasteiger partial charge in [-0.15, -0.1) is 0 Å². The van der Waals surface area contributed by atoms with Gasteiger partial charge in [0.1, 0.15) is 11.6 Å². The molecule has 140 valence electrons. The van der Waals surface area contributed by atoms with Crippen molar-refractivity contribution in [1.29, 1.82) is 5.26 Å². The van der Waals surface area contributed by atoms with Gasteiger partial charge in [0.2, 0.25) is 0 Å². The van der Waals surface area contributed by atoms with Crippen molar-refractivity contribution in [3.8, 4) is 17.6 Å². The van der Waals surface area contributed by atoms with Crippen molar-refractivity contribution in [2.24, 2.45) is 0 Å². The number of methoxy groups -OCH3 is 1. The third-order valence-corrected chi connectivity index (χ3v) is 3.94. The lowest BCUT2D eigenvalue weighted by atomic mass is 10.1. The van der Waals surface area contributed by atoms with E-state index in [9.17, 15) is 10.1 Å². The van der Waals surface area contributed by atoms with E-state index in [0.29, 0.717) is 34.4 Å². The number of nitriles is 1. The largest absolute Gasteiger partial charge is 0.493 e. The minimum atomic E-state index is -0.496. The molecule has 0 radical (unpaired) electrons. The average Bonchev–Trinajstić information content (AvgIpc) is 2.64. The molecule has 2 rings (SSSR count). The van der Waals surface area contributed by atoms with E-state index in [2.05, 4.69) is 5.32 Å². The Morgan fingerprint density at radius 1 is 1.33 bits per heavy atom. The van der Waals surface area contributed by atoms with E-state index in [0.717, 1.165) is 12.0 Å². The second-order valence-electron chi connectivity index (χ2n) is 5.88. The molecule has 0 bridgehead atoms. The summed E-state index contributed by atoms with van der Waals surface area (Å²) in [5, 5.41) is 12.5. The summed E-state index contributed by atoms with van der Waals surface area (Å²) in [6.45, 7) is 4.42. The van der Waals surface area contributed by atoms with E-state index in [1.54, 1.807) is 18.2 Å². The standard InChI is InChI=1S/C21H21ClN2O3/c1-4-8-27-20-18(22)11-15(12-19(20)26-3)10-16(13-23)21(25)24-17-7-5-6-14(2)9-17/h5-7,9-12H,4,8H2,1-3H3,(H,24,25)/b16-10+. The monoisotopic (exact) mass is 384 g/mol. The number of rotatable bonds is 7. The first-order valence-corrected chi connectivity index (χ1v) is 8.86. The maximum atomic E-state index is 12.4. The van der Waals surface area contributed by atoms with E-state index in [1.807, 2.05) is 38.1 Å². The number of hydrogen-bond donors (Lipinski definition) is 1. The highest BCUT2D eigenvalue weighted by Crippen LogP contribution is 2.37. The molecule has 0 atom stereocenters. The van der Waals surface area contributed by atoms with Crippen LogP contribution in [0.4, 0.5) is 5.69 Å². The SMILES string of the molecule is CCCOc1c(Cl)cc(/C=C(\C#N)C(=O)Nc2cccc(C)c2)cc1OC. The Morgan fingerprint density at radius 2 is 2.11 bits per heavy atom. The van der Waals surface area contributed by atoms with Crippen LogP contribution in [-0.2, 0) is 4.79 Å². The van der Waals surface area contributed by atoms with Crippen molar-refractivity contribution in [3.05, 3.63) is 58.1 Å². The summed E-state index contributed by atoms with van der Waals surface area (Å²) in [7, 11) is 1.51. The van der Waals surface area contributed by atoms with Crippen LogP contribution in [0.2, 0.25) is 5.02 Å². The van der Waals surface area contributed by atoms with Crippen LogP contribution in [0, 0.1) is 18.3 Å². The lowest BCUT2D eigenvalue weighted by Gasteiger charge is -2.13. The molecule has 0 aliphatic rings. The van der Waals surface area contributed by atoms with Crippen molar-refractivity contribution in [2.45, 2.75) is 20.3 Å². The number of ether oxygens (including phenoxy) is 2. The summed E-state index contributed by atoms with van der Waals surface area (Å²) in [6.07, 6.45) is 2.29. The molecule has 0 heterocycles. The number of carbonyl (C=O) groups is 1. The van der Waals surface area contributed by atoms with Gasteiger partial charge in [-0.3, -0.25) is 4.79 Å². The number of aryl methyl sites for hydroxylation is 1. The molecule has 0 aliphatic carbocycles. The van der Waals surface area contributed by atoms with Crippen molar-refractivity contribution in [1.82, 2.24) is 0 Å². The molecular weight excluding hydrogens is 364 g/mol. The fourth-order valence-corrected chi connectivity index (χ4v) is 2.68. The second-order valence-corrected chi connectivity index (χ2v) is 6.28. The maximum absolute atomic E-state index is 12.4. The Hall–Kier alpha value is -2.97. The maximum Gasteiger partial charge on any atom is 0.266 e. The van der Waals surface area contributed by atoms with E-state index in [4.69, 9.17) is 21.1 Å². The van der Waals surface area contributed by atoms with Crippen LogP contribution in [0.3, 0.4) is 0 Å². The second kappa shape index (κ2) is 9.65. The Morgan fingerprint density at radius 3 is 2.74 bits per heavy atom. The van der Waals surface area contributed by atoms with Gasteiger partial charge in [-0.2, -0.15) is 5.26 Å². The predicted molar refractivity (Wildman–Crippen MR) is 107 cm³/mol.